The van der Waals surface area contributed by atoms with Crippen LogP contribution in [-0.4, -0.2) is 82.6 Å². The molecule has 1 aliphatic rings. The lowest BCUT2D eigenvalue weighted by Crippen LogP contribution is -2.59. The molecule has 1 aromatic carbocycles. The molecule has 4 rings (SSSR count). The van der Waals surface area contributed by atoms with Crippen molar-refractivity contribution < 1.29 is 30.3 Å². The minimum Gasteiger partial charge on any atom is -0.394 e. The van der Waals surface area contributed by atoms with Gasteiger partial charge in [-0.2, -0.15) is 0 Å². The van der Waals surface area contributed by atoms with E-state index in [9.17, 15) is 25.5 Å². The van der Waals surface area contributed by atoms with E-state index < -0.39 is 43.2 Å². The van der Waals surface area contributed by atoms with Crippen molar-refractivity contribution in [1.82, 2.24) is 20.0 Å². The van der Waals surface area contributed by atoms with Crippen LogP contribution >= 0.6 is 0 Å². The summed E-state index contributed by atoms with van der Waals surface area (Å²) in [5.74, 6) is 0. The zero-order valence-corrected chi connectivity index (χ0v) is 16.7. The second kappa shape index (κ2) is 8.79. The Balaban J connectivity index is 1.57. The summed E-state index contributed by atoms with van der Waals surface area (Å²) in [4.78, 5) is 4.07. The number of rotatable bonds is 5. The Kier molecular flexibility index (Phi) is 6.10. The molecule has 6 atom stereocenters. The molecule has 0 bridgehead atoms. The molecule has 31 heavy (non-hydrogen) atoms. The van der Waals surface area contributed by atoms with Crippen molar-refractivity contribution in [2.75, 3.05) is 6.61 Å². The van der Waals surface area contributed by atoms with Gasteiger partial charge in [0.05, 0.1) is 18.5 Å². The lowest BCUT2D eigenvalue weighted by molar-refractivity contribution is -0.250. The van der Waals surface area contributed by atoms with Gasteiger partial charge in [0.15, 0.2) is 0 Å². The largest absolute Gasteiger partial charge is 0.394 e. The molecule has 3 aromatic rings. The number of aliphatic hydroxyl groups excluding tert-OH is 5. The van der Waals surface area contributed by atoms with Crippen LogP contribution in [-0.2, 0) is 4.74 Å². The molecule has 0 amide bonds. The fourth-order valence-electron chi connectivity index (χ4n) is 3.74. The maximum absolute atomic E-state index is 10.8. The molecule has 0 aliphatic carbocycles. The molecular weight excluding hydrogens is 404 g/mol. The van der Waals surface area contributed by atoms with Gasteiger partial charge in [-0.15, -0.1) is 5.10 Å². The van der Waals surface area contributed by atoms with Gasteiger partial charge in [0.1, 0.15) is 42.3 Å². The van der Waals surface area contributed by atoms with Gasteiger partial charge in [-0.3, -0.25) is 4.98 Å². The van der Waals surface area contributed by atoms with E-state index in [0.717, 1.165) is 5.56 Å². The predicted molar refractivity (Wildman–Crippen MR) is 108 cm³/mol. The Morgan fingerprint density at radius 2 is 1.94 bits per heavy atom. The molecule has 164 valence electrons. The third-order valence-corrected chi connectivity index (χ3v) is 5.53. The topological polar surface area (TPSA) is 154 Å². The van der Waals surface area contributed by atoms with E-state index in [1.165, 1.54) is 0 Å². The second-order valence-corrected chi connectivity index (χ2v) is 7.57. The van der Waals surface area contributed by atoms with Crippen molar-refractivity contribution in [3.05, 3.63) is 60.0 Å². The lowest BCUT2D eigenvalue weighted by Gasteiger charge is -2.42. The highest BCUT2D eigenvalue weighted by Crippen LogP contribution is 2.32. The Morgan fingerprint density at radius 1 is 1.13 bits per heavy atom. The normalized spacial score (nSPS) is 27.2. The smallest absolute Gasteiger partial charge is 0.117 e. The maximum Gasteiger partial charge on any atom is 0.117 e. The van der Waals surface area contributed by atoms with Gasteiger partial charge < -0.3 is 30.3 Å². The van der Waals surface area contributed by atoms with Crippen molar-refractivity contribution in [1.29, 1.82) is 0 Å². The molecule has 0 spiro atoms. The summed E-state index contributed by atoms with van der Waals surface area (Å²) in [7, 11) is 0. The molecule has 2 aromatic heterocycles. The first-order valence-electron chi connectivity index (χ1n) is 9.83. The lowest BCUT2D eigenvalue weighted by atomic mass is 9.88. The highest BCUT2D eigenvalue weighted by molar-refractivity contribution is 5.56. The van der Waals surface area contributed by atoms with Crippen molar-refractivity contribution in [3.63, 3.8) is 0 Å². The SMILES string of the molecule is Cc1cc(-n2cc(-c3cccnc3)nn2)ccc1[C@@H](O)[C@H]1O[C@H](CO)[C@@H](O)[C@H](O)[C@@H]1O. The Morgan fingerprint density at radius 3 is 2.61 bits per heavy atom. The molecule has 0 unspecified atom stereocenters. The van der Waals surface area contributed by atoms with E-state index in [1.807, 2.05) is 12.1 Å². The first kappa shape index (κ1) is 21.5. The van der Waals surface area contributed by atoms with Gasteiger partial charge in [0.2, 0.25) is 0 Å². The first-order chi connectivity index (χ1) is 14.9. The standard InChI is InChI=1S/C21H24N4O6/c1-11-7-13(25-9-15(23-24-25)12-3-2-6-22-8-12)4-5-14(11)17(27)21-20(30)19(29)18(28)16(10-26)31-21/h2-9,16-21,26-30H,10H2,1H3/t16-,17-,18-,19+,20+,21-/m1/s1. The maximum atomic E-state index is 10.8. The van der Waals surface area contributed by atoms with Crippen LogP contribution in [0.4, 0.5) is 0 Å². The Hall–Kier alpha value is -2.73. The van der Waals surface area contributed by atoms with Crippen LogP contribution in [0.2, 0.25) is 0 Å². The van der Waals surface area contributed by atoms with Gasteiger partial charge in [0.25, 0.3) is 0 Å². The van der Waals surface area contributed by atoms with Crippen LogP contribution in [0.5, 0.6) is 0 Å². The summed E-state index contributed by atoms with van der Waals surface area (Å²) in [6.07, 6.45) is -3.01. The minimum atomic E-state index is -1.55. The zero-order chi connectivity index (χ0) is 22.1. The number of benzene rings is 1. The van der Waals surface area contributed by atoms with Gasteiger partial charge in [-0.25, -0.2) is 4.68 Å². The predicted octanol–water partition coefficient (Wildman–Crippen LogP) is -0.486. The first-order valence-corrected chi connectivity index (χ1v) is 9.83. The molecule has 3 heterocycles. The number of nitrogens with zero attached hydrogens (tertiary/aromatic N) is 4. The van der Waals surface area contributed by atoms with Crippen LogP contribution in [0.1, 0.15) is 17.2 Å². The van der Waals surface area contributed by atoms with Gasteiger partial charge in [-0.05, 0) is 42.3 Å². The number of hydrogen-bond donors (Lipinski definition) is 5. The van der Waals surface area contributed by atoms with E-state index in [1.54, 1.807) is 48.4 Å². The van der Waals surface area contributed by atoms with Crippen molar-refractivity contribution in [2.45, 2.75) is 43.5 Å². The zero-order valence-electron chi connectivity index (χ0n) is 16.7. The Bertz CT molecular complexity index is 1030. The molecular formula is C21H24N4O6. The monoisotopic (exact) mass is 428 g/mol. The molecule has 10 heteroatoms. The molecule has 1 fully saturated rings. The third-order valence-electron chi connectivity index (χ3n) is 5.53. The summed E-state index contributed by atoms with van der Waals surface area (Å²) < 4.78 is 7.07. The van der Waals surface area contributed by atoms with Crippen LogP contribution in [0.15, 0.2) is 48.9 Å². The van der Waals surface area contributed by atoms with E-state index >= 15 is 0 Å². The third kappa shape index (κ3) is 4.09. The summed E-state index contributed by atoms with van der Waals surface area (Å²) in [6, 6.07) is 8.89. The van der Waals surface area contributed by atoms with Crippen LogP contribution in [0, 0.1) is 6.92 Å². The van der Waals surface area contributed by atoms with Gasteiger partial charge in [0, 0.05) is 18.0 Å². The molecule has 10 nitrogen and oxygen atoms in total. The van der Waals surface area contributed by atoms with E-state index in [-0.39, 0.29) is 0 Å². The second-order valence-electron chi connectivity index (χ2n) is 7.57. The number of aromatic nitrogens is 4. The molecule has 1 saturated heterocycles. The average molecular weight is 428 g/mol. The number of pyridine rings is 1. The van der Waals surface area contributed by atoms with Gasteiger partial charge in [-0.1, -0.05) is 11.3 Å². The summed E-state index contributed by atoms with van der Waals surface area (Å²) in [6.45, 7) is 1.22. The highest BCUT2D eigenvalue weighted by Gasteiger charge is 2.46. The molecule has 1 aliphatic heterocycles. The van der Waals surface area contributed by atoms with Crippen molar-refractivity contribution in [2.24, 2.45) is 0 Å². The fourth-order valence-corrected chi connectivity index (χ4v) is 3.74. The fraction of sp³-hybridized carbons (Fsp3) is 0.381. The van der Waals surface area contributed by atoms with Crippen LogP contribution < -0.4 is 0 Å². The highest BCUT2D eigenvalue weighted by atomic mass is 16.6. The Labute approximate surface area is 178 Å². The number of ether oxygens (including phenoxy) is 1. The molecule has 0 radical (unpaired) electrons. The van der Waals surface area contributed by atoms with Gasteiger partial charge >= 0.3 is 0 Å². The number of aryl methyl sites for hydroxylation is 1. The van der Waals surface area contributed by atoms with Crippen LogP contribution in [0.3, 0.4) is 0 Å². The molecule has 0 saturated carbocycles. The number of aliphatic hydroxyl groups is 5. The van der Waals surface area contributed by atoms with Crippen LogP contribution in [0.25, 0.3) is 16.9 Å². The van der Waals surface area contributed by atoms with E-state index in [0.29, 0.717) is 22.5 Å². The minimum absolute atomic E-state index is 0.473. The van der Waals surface area contributed by atoms with E-state index in [4.69, 9.17) is 4.74 Å². The summed E-state index contributed by atoms with van der Waals surface area (Å²) in [5.41, 5.74) is 3.38. The van der Waals surface area contributed by atoms with Crippen molar-refractivity contribution in [3.8, 4) is 16.9 Å². The summed E-state index contributed by atoms with van der Waals surface area (Å²) in [5, 5.41) is 58.7. The molecule has 5 N–H and O–H groups in total. The number of hydrogen-bond acceptors (Lipinski definition) is 9. The quantitative estimate of drug-likeness (QED) is 0.362. The summed E-state index contributed by atoms with van der Waals surface area (Å²) >= 11 is 0. The average Bonchev–Trinajstić information content (AvgIpc) is 3.28. The van der Waals surface area contributed by atoms with E-state index in [2.05, 4.69) is 15.3 Å². The van der Waals surface area contributed by atoms with Crippen molar-refractivity contribution >= 4 is 0 Å².